The van der Waals surface area contributed by atoms with Crippen molar-refractivity contribution < 1.29 is 9.72 Å². The summed E-state index contributed by atoms with van der Waals surface area (Å²) in [5.74, 6) is -0.176. The number of nitrogens with zero attached hydrogens (tertiary/aromatic N) is 3. The SMILES string of the molecule is O=C(CNc1ccccc1[N+](=O)[O-])N[C@H]1CCC[C@@H]1n1ccnc1. The van der Waals surface area contributed by atoms with Crippen molar-refractivity contribution in [1.29, 1.82) is 0 Å². The summed E-state index contributed by atoms with van der Waals surface area (Å²) in [6.07, 6.45) is 8.36. The van der Waals surface area contributed by atoms with Crippen LogP contribution in [0.4, 0.5) is 11.4 Å². The topological polar surface area (TPSA) is 102 Å². The van der Waals surface area contributed by atoms with Crippen molar-refractivity contribution in [2.45, 2.75) is 31.3 Å². The van der Waals surface area contributed by atoms with Crippen LogP contribution < -0.4 is 10.6 Å². The molecule has 1 amide bonds. The molecule has 1 aliphatic rings. The number of nitrogens with one attached hydrogen (secondary N) is 2. The van der Waals surface area contributed by atoms with Crippen LogP contribution >= 0.6 is 0 Å². The summed E-state index contributed by atoms with van der Waals surface area (Å²) in [4.78, 5) is 26.8. The van der Waals surface area contributed by atoms with E-state index in [1.54, 1.807) is 30.7 Å². The van der Waals surface area contributed by atoms with Gasteiger partial charge in [0.1, 0.15) is 5.69 Å². The first-order valence-corrected chi connectivity index (χ1v) is 7.89. The summed E-state index contributed by atoms with van der Waals surface area (Å²) < 4.78 is 2.02. The normalized spacial score (nSPS) is 19.8. The van der Waals surface area contributed by atoms with Gasteiger partial charge < -0.3 is 15.2 Å². The van der Waals surface area contributed by atoms with Crippen LogP contribution in [0, 0.1) is 10.1 Å². The zero-order valence-corrected chi connectivity index (χ0v) is 13.1. The molecule has 2 aromatic rings. The van der Waals surface area contributed by atoms with Crippen molar-refractivity contribution >= 4 is 17.3 Å². The van der Waals surface area contributed by atoms with Crippen LogP contribution in [0.2, 0.25) is 0 Å². The quantitative estimate of drug-likeness (QED) is 0.624. The molecule has 24 heavy (non-hydrogen) atoms. The standard InChI is InChI=1S/C16H19N5O3/c22-16(10-18-12-4-1-2-6-15(12)21(23)24)19-13-5-3-7-14(13)20-9-8-17-11-20/h1-2,4,6,8-9,11,13-14,18H,3,5,7,10H2,(H,19,22)/t13-,14-/m0/s1. The summed E-state index contributed by atoms with van der Waals surface area (Å²) in [6, 6.07) is 6.56. The van der Waals surface area contributed by atoms with Crippen molar-refractivity contribution in [3.8, 4) is 0 Å². The maximum Gasteiger partial charge on any atom is 0.292 e. The van der Waals surface area contributed by atoms with Gasteiger partial charge in [0.15, 0.2) is 0 Å². The number of benzene rings is 1. The molecule has 3 rings (SSSR count). The lowest BCUT2D eigenvalue weighted by atomic mass is 10.1. The number of carbonyl (C=O) groups is 1. The van der Waals surface area contributed by atoms with Crippen molar-refractivity contribution in [3.05, 3.63) is 53.1 Å². The van der Waals surface area contributed by atoms with E-state index in [9.17, 15) is 14.9 Å². The van der Waals surface area contributed by atoms with Gasteiger partial charge in [0, 0.05) is 24.5 Å². The van der Waals surface area contributed by atoms with Crippen LogP contribution in [0.3, 0.4) is 0 Å². The van der Waals surface area contributed by atoms with Crippen molar-refractivity contribution in [2.75, 3.05) is 11.9 Å². The number of nitro groups is 1. The van der Waals surface area contributed by atoms with Gasteiger partial charge in [-0.1, -0.05) is 12.1 Å². The van der Waals surface area contributed by atoms with E-state index in [1.165, 1.54) is 6.07 Å². The van der Waals surface area contributed by atoms with E-state index in [-0.39, 0.29) is 30.2 Å². The number of anilines is 1. The third kappa shape index (κ3) is 3.53. The number of amides is 1. The first-order valence-electron chi connectivity index (χ1n) is 7.89. The molecule has 1 aromatic carbocycles. The van der Waals surface area contributed by atoms with E-state index in [2.05, 4.69) is 15.6 Å². The fourth-order valence-electron chi connectivity index (χ4n) is 3.15. The summed E-state index contributed by atoms with van der Waals surface area (Å²) in [5.41, 5.74) is 0.303. The first kappa shape index (κ1) is 16.0. The molecular formula is C16H19N5O3. The lowest BCUT2D eigenvalue weighted by molar-refractivity contribution is -0.383. The van der Waals surface area contributed by atoms with Crippen LogP contribution in [0.1, 0.15) is 25.3 Å². The monoisotopic (exact) mass is 329 g/mol. The number of nitro benzene ring substituents is 1. The Bertz CT molecular complexity index is 716. The third-order valence-corrected chi connectivity index (χ3v) is 4.27. The first-order chi connectivity index (χ1) is 11.6. The number of hydrogen-bond acceptors (Lipinski definition) is 5. The maximum absolute atomic E-state index is 12.2. The van der Waals surface area contributed by atoms with E-state index in [4.69, 9.17) is 0 Å². The highest BCUT2D eigenvalue weighted by atomic mass is 16.6. The molecule has 0 bridgehead atoms. The van der Waals surface area contributed by atoms with Crippen LogP contribution in [-0.4, -0.2) is 33.0 Å². The van der Waals surface area contributed by atoms with E-state index < -0.39 is 4.92 Å². The molecule has 2 atom stereocenters. The number of hydrogen-bond donors (Lipinski definition) is 2. The second-order valence-electron chi connectivity index (χ2n) is 5.81. The van der Waals surface area contributed by atoms with E-state index >= 15 is 0 Å². The number of imidazole rings is 1. The molecule has 1 saturated carbocycles. The molecule has 0 saturated heterocycles. The highest BCUT2D eigenvalue weighted by Gasteiger charge is 2.29. The summed E-state index contributed by atoms with van der Waals surface area (Å²) in [5, 5.41) is 16.8. The van der Waals surface area contributed by atoms with Crippen LogP contribution in [-0.2, 0) is 4.79 Å². The summed E-state index contributed by atoms with van der Waals surface area (Å²) in [7, 11) is 0. The van der Waals surface area contributed by atoms with Crippen LogP contribution in [0.5, 0.6) is 0 Å². The van der Waals surface area contributed by atoms with Gasteiger partial charge >= 0.3 is 0 Å². The summed E-state index contributed by atoms with van der Waals surface area (Å²) >= 11 is 0. The predicted molar refractivity (Wildman–Crippen MR) is 88.6 cm³/mol. The Morgan fingerprint density at radius 1 is 1.38 bits per heavy atom. The van der Waals surface area contributed by atoms with Gasteiger partial charge in [-0.05, 0) is 25.3 Å². The Morgan fingerprint density at radius 2 is 2.21 bits per heavy atom. The molecule has 8 heteroatoms. The Hall–Kier alpha value is -2.90. The molecule has 0 aliphatic heterocycles. The van der Waals surface area contributed by atoms with Crippen molar-refractivity contribution in [3.63, 3.8) is 0 Å². The molecule has 0 radical (unpaired) electrons. The molecule has 0 unspecified atom stereocenters. The molecule has 0 spiro atoms. The molecular weight excluding hydrogens is 310 g/mol. The molecule has 1 fully saturated rings. The van der Waals surface area contributed by atoms with Crippen LogP contribution in [0.15, 0.2) is 43.0 Å². The average molecular weight is 329 g/mol. The Morgan fingerprint density at radius 3 is 2.96 bits per heavy atom. The lowest BCUT2D eigenvalue weighted by Gasteiger charge is -2.22. The van der Waals surface area contributed by atoms with Gasteiger partial charge in [-0.2, -0.15) is 0 Å². The molecule has 8 nitrogen and oxygen atoms in total. The van der Waals surface area contributed by atoms with E-state index in [0.717, 1.165) is 19.3 Å². The highest BCUT2D eigenvalue weighted by Crippen LogP contribution is 2.30. The van der Waals surface area contributed by atoms with E-state index in [0.29, 0.717) is 5.69 Å². The molecule has 126 valence electrons. The minimum absolute atomic E-state index is 0.00198. The largest absolute Gasteiger partial charge is 0.371 e. The minimum Gasteiger partial charge on any atom is -0.371 e. The molecule has 1 heterocycles. The van der Waals surface area contributed by atoms with Crippen molar-refractivity contribution in [2.24, 2.45) is 0 Å². The van der Waals surface area contributed by atoms with Gasteiger partial charge in [0.05, 0.1) is 23.8 Å². The number of carbonyl (C=O) groups excluding carboxylic acids is 1. The fourth-order valence-corrected chi connectivity index (χ4v) is 3.15. The average Bonchev–Trinajstić information content (AvgIpc) is 3.24. The van der Waals surface area contributed by atoms with E-state index in [1.807, 2.05) is 10.8 Å². The Balaban J connectivity index is 1.57. The van der Waals surface area contributed by atoms with Gasteiger partial charge in [0.2, 0.25) is 5.91 Å². The predicted octanol–water partition coefficient (Wildman–Crippen LogP) is 2.11. The second-order valence-corrected chi connectivity index (χ2v) is 5.81. The molecule has 1 aliphatic carbocycles. The zero-order chi connectivity index (χ0) is 16.9. The Kier molecular flexibility index (Phi) is 4.74. The van der Waals surface area contributed by atoms with Crippen LogP contribution in [0.25, 0.3) is 0 Å². The minimum atomic E-state index is -0.466. The smallest absolute Gasteiger partial charge is 0.292 e. The molecule has 2 N–H and O–H groups in total. The van der Waals surface area contributed by atoms with Gasteiger partial charge in [-0.25, -0.2) is 4.98 Å². The fraction of sp³-hybridized carbons (Fsp3) is 0.375. The zero-order valence-electron chi connectivity index (χ0n) is 13.1. The second kappa shape index (κ2) is 7.12. The number of aromatic nitrogens is 2. The lowest BCUT2D eigenvalue weighted by Crippen LogP contribution is -2.41. The summed E-state index contributed by atoms with van der Waals surface area (Å²) in [6.45, 7) is -0.00198. The van der Waals surface area contributed by atoms with Gasteiger partial charge in [0.25, 0.3) is 5.69 Å². The van der Waals surface area contributed by atoms with Crippen molar-refractivity contribution in [1.82, 2.24) is 14.9 Å². The van der Waals surface area contributed by atoms with Gasteiger partial charge in [-0.3, -0.25) is 14.9 Å². The Labute approximate surface area is 139 Å². The number of rotatable bonds is 6. The number of para-hydroxylation sites is 2. The van der Waals surface area contributed by atoms with Gasteiger partial charge in [-0.15, -0.1) is 0 Å². The maximum atomic E-state index is 12.2. The molecule has 1 aromatic heterocycles. The third-order valence-electron chi connectivity index (χ3n) is 4.27. The highest BCUT2D eigenvalue weighted by molar-refractivity contribution is 5.82.